The van der Waals surface area contributed by atoms with E-state index in [4.69, 9.17) is 4.74 Å². The van der Waals surface area contributed by atoms with Crippen LogP contribution in [0.3, 0.4) is 0 Å². The van der Waals surface area contributed by atoms with E-state index in [2.05, 4.69) is 4.74 Å². The molecule has 0 aliphatic carbocycles. The Labute approximate surface area is 82.0 Å². The molecule has 0 heterocycles. The zero-order chi connectivity index (χ0) is 10.5. The van der Waals surface area contributed by atoms with Gasteiger partial charge in [0.1, 0.15) is 11.4 Å². The van der Waals surface area contributed by atoms with Gasteiger partial charge in [-0.2, -0.15) is 0 Å². The highest BCUT2D eigenvalue weighted by atomic mass is 32.2. The molecular formula is C8H14O4S. The minimum absolute atomic E-state index is 0.0379. The fraction of sp³-hybridized carbons (Fsp3) is 0.750. The summed E-state index contributed by atoms with van der Waals surface area (Å²) in [4.78, 5) is 21.8. The number of ether oxygens (including phenoxy) is 2. The molecule has 0 bridgehead atoms. The van der Waals surface area contributed by atoms with Crippen LogP contribution >= 0.6 is 11.8 Å². The van der Waals surface area contributed by atoms with Crippen molar-refractivity contribution >= 4 is 23.7 Å². The van der Waals surface area contributed by atoms with Crippen LogP contribution in [0.5, 0.6) is 0 Å². The van der Waals surface area contributed by atoms with Crippen molar-refractivity contribution in [2.24, 2.45) is 0 Å². The van der Waals surface area contributed by atoms with Crippen LogP contribution in [0.15, 0.2) is 0 Å². The van der Waals surface area contributed by atoms with Crippen molar-refractivity contribution in [3.05, 3.63) is 0 Å². The smallest absolute Gasteiger partial charge is 0.325 e. The van der Waals surface area contributed by atoms with Gasteiger partial charge in [-0.25, -0.2) is 0 Å². The summed E-state index contributed by atoms with van der Waals surface area (Å²) in [6.45, 7) is 3.01. The van der Waals surface area contributed by atoms with Crippen molar-refractivity contribution in [1.82, 2.24) is 0 Å². The highest BCUT2D eigenvalue weighted by Crippen LogP contribution is 2.24. The molecule has 13 heavy (non-hydrogen) atoms. The molecule has 4 nitrogen and oxygen atoms in total. The number of rotatable bonds is 4. The number of hydrogen-bond donors (Lipinski definition) is 0. The molecule has 0 aromatic rings. The van der Waals surface area contributed by atoms with Crippen molar-refractivity contribution in [1.29, 1.82) is 0 Å². The minimum Gasteiger partial charge on any atom is -0.468 e. The third-order valence-corrected chi connectivity index (χ3v) is 2.80. The van der Waals surface area contributed by atoms with Crippen molar-refractivity contribution in [2.75, 3.05) is 20.0 Å². The predicted molar refractivity (Wildman–Crippen MR) is 50.6 cm³/mol. The van der Waals surface area contributed by atoms with Gasteiger partial charge in [-0.15, -0.1) is 11.8 Å². The Kier molecular flexibility index (Phi) is 4.83. The molecule has 76 valence electrons. The fourth-order valence-electron chi connectivity index (χ4n) is 0.656. The first-order valence-electron chi connectivity index (χ1n) is 3.73. The maximum absolute atomic E-state index is 11.2. The van der Waals surface area contributed by atoms with Crippen molar-refractivity contribution < 1.29 is 19.1 Å². The summed E-state index contributed by atoms with van der Waals surface area (Å²) in [7, 11) is 1.31. The zero-order valence-corrected chi connectivity index (χ0v) is 9.06. The highest BCUT2D eigenvalue weighted by Gasteiger charge is 2.34. The van der Waals surface area contributed by atoms with Gasteiger partial charge in [0, 0.05) is 6.92 Å². The lowest BCUT2D eigenvalue weighted by Crippen LogP contribution is -2.38. The zero-order valence-electron chi connectivity index (χ0n) is 8.25. The molecule has 1 unspecified atom stereocenters. The average molecular weight is 206 g/mol. The van der Waals surface area contributed by atoms with Gasteiger partial charge in [0.15, 0.2) is 0 Å². The van der Waals surface area contributed by atoms with Crippen LogP contribution in [0.4, 0.5) is 0 Å². The van der Waals surface area contributed by atoms with Gasteiger partial charge in [-0.1, -0.05) is 0 Å². The van der Waals surface area contributed by atoms with E-state index < -0.39 is 10.7 Å². The number of carbonyl (C=O) groups is 2. The molecule has 0 saturated carbocycles. The van der Waals surface area contributed by atoms with Crippen LogP contribution in [-0.2, 0) is 19.1 Å². The molecule has 0 radical (unpaired) electrons. The summed E-state index contributed by atoms with van der Waals surface area (Å²) in [6, 6.07) is 0. The Hall–Kier alpha value is -0.710. The quantitative estimate of drug-likeness (QED) is 0.638. The van der Waals surface area contributed by atoms with E-state index >= 15 is 0 Å². The molecule has 0 N–H and O–H groups in total. The standard InChI is InChI=1S/C8H14O4S/c1-6(9)12-5-8(2,13-4)7(10)11-3/h5H2,1-4H3. The van der Waals surface area contributed by atoms with Crippen molar-refractivity contribution in [3.63, 3.8) is 0 Å². The summed E-state index contributed by atoms with van der Waals surface area (Å²) < 4.78 is 8.54. The van der Waals surface area contributed by atoms with Crippen LogP contribution in [0.1, 0.15) is 13.8 Å². The number of methoxy groups -OCH3 is 1. The van der Waals surface area contributed by atoms with E-state index in [0.717, 1.165) is 0 Å². The van der Waals surface area contributed by atoms with E-state index in [-0.39, 0.29) is 12.6 Å². The lowest BCUT2D eigenvalue weighted by molar-refractivity contribution is -0.149. The Morgan fingerprint density at radius 1 is 1.46 bits per heavy atom. The normalized spacial score (nSPS) is 14.5. The SMILES string of the molecule is COC(=O)C(C)(COC(C)=O)SC. The molecule has 0 amide bonds. The van der Waals surface area contributed by atoms with E-state index in [9.17, 15) is 9.59 Å². The third-order valence-electron chi connectivity index (χ3n) is 1.62. The van der Waals surface area contributed by atoms with Crippen LogP contribution in [-0.4, -0.2) is 36.7 Å². The second kappa shape index (κ2) is 5.11. The largest absolute Gasteiger partial charge is 0.468 e. The molecule has 0 spiro atoms. The number of esters is 2. The molecule has 1 atom stereocenters. The molecule has 0 fully saturated rings. The molecule has 0 aromatic carbocycles. The van der Waals surface area contributed by atoms with Gasteiger partial charge in [-0.05, 0) is 13.2 Å². The van der Waals surface area contributed by atoms with Crippen LogP contribution in [0, 0.1) is 0 Å². The topological polar surface area (TPSA) is 52.6 Å². The van der Waals surface area contributed by atoms with Gasteiger partial charge in [0.05, 0.1) is 7.11 Å². The lowest BCUT2D eigenvalue weighted by Gasteiger charge is -2.23. The first-order chi connectivity index (χ1) is 5.96. The second-order valence-corrected chi connectivity index (χ2v) is 4.02. The van der Waals surface area contributed by atoms with E-state index in [1.165, 1.54) is 25.8 Å². The van der Waals surface area contributed by atoms with Crippen LogP contribution < -0.4 is 0 Å². The van der Waals surface area contributed by atoms with E-state index in [1.54, 1.807) is 13.2 Å². The van der Waals surface area contributed by atoms with Crippen molar-refractivity contribution in [3.8, 4) is 0 Å². The Morgan fingerprint density at radius 2 is 2.00 bits per heavy atom. The van der Waals surface area contributed by atoms with Crippen LogP contribution in [0.2, 0.25) is 0 Å². The molecule has 0 aliphatic rings. The predicted octanol–water partition coefficient (Wildman–Crippen LogP) is 0.844. The van der Waals surface area contributed by atoms with Gasteiger partial charge < -0.3 is 9.47 Å². The molecular weight excluding hydrogens is 192 g/mol. The Bertz CT molecular complexity index is 204. The molecule has 0 rings (SSSR count). The summed E-state index contributed by atoms with van der Waals surface area (Å²) >= 11 is 1.30. The van der Waals surface area contributed by atoms with Gasteiger partial charge >= 0.3 is 11.9 Å². The Morgan fingerprint density at radius 3 is 2.31 bits per heavy atom. The maximum atomic E-state index is 11.2. The first-order valence-corrected chi connectivity index (χ1v) is 4.95. The van der Waals surface area contributed by atoms with Gasteiger partial charge in [-0.3, -0.25) is 9.59 Å². The Balaban J connectivity index is 4.27. The lowest BCUT2D eigenvalue weighted by atomic mass is 10.2. The minimum atomic E-state index is -0.805. The maximum Gasteiger partial charge on any atom is 0.325 e. The summed E-state index contributed by atoms with van der Waals surface area (Å²) in [5.74, 6) is -0.787. The monoisotopic (exact) mass is 206 g/mol. The summed E-state index contributed by atoms with van der Waals surface area (Å²) in [5, 5.41) is 0. The first kappa shape index (κ1) is 12.3. The molecule has 0 saturated heterocycles. The summed E-state index contributed by atoms with van der Waals surface area (Å²) in [5.41, 5.74) is 0. The van der Waals surface area contributed by atoms with E-state index in [0.29, 0.717) is 0 Å². The fourth-order valence-corrected chi connectivity index (χ4v) is 1.08. The number of hydrogen-bond acceptors (Lipinski definition) is 5. The van der Waals surface area contributed by atoms with Crippen molar-refractivity contribution in [2.45, 2.75) is 18.6 Å². The summed E-state index contributed by atoms with van der Waals surface area (Å²) in [6.07, 6.45) is 1.76. The van der Waals surface area contributed by atoms with Gasteiger partial charge in [0.2, 0.25) is 0 Å². The number of carbonyl (C=O) groups excluding carboxylic acids is 2. The third kappa shape index (κ3) is 3.67. The number of thioether (sulfide) groups is 1. The second-order valence-electron chi connectivity index (χ2n) is 2.71. The molecule has 5 heteroatoms. The molecule has 0 aromatic heterocycles. The highest BCUT2D eigenvalue weighted by molar-refractivity contribution is 8.00. The average Bonchev–Trinajstić information content (AvgIpc) is 2.12. The van der Waals surface area contributed by atoms with Crippen LogP contribution in [0.25, 0.3) is 0 Å². The molecule has 0 aliphatic heterocycles. The van der Waals surface area contributed by atoms with E-state index in [1.807, 2.05) is 0 Å². The van der Waals surface area contributed by atoms with Gasteiger partial charge in [0.25, 0.3) is 0 Å².